The molecule has 1 heterocycles. The third-order valence-corrected chi connectivity index (χ3v) is 4.96. The maximum atomic E-state index is 12.4. The summed E-state index contributed by atoms with van der Waals surface area (Å²) < 4.78 is 5.03. The predicted molar refractivity (Wildman–Crippen MR) is 107 cm³/mol. The summed E-state index contributed by atoms with van der Waals surface area (Å²) in [5.74, 6) is -2.14. The molecule has 0 atom stereocenters. The number of halogens is 1. The molecule has 0 saturated heterocycles. The second-order valence-electron chi connectivity index (χ2n) is 6.87. The highest BCUT2D eigenvalue weighted by molar-refractivity contribution is 6.31. The summed E-state index contributed by atoms with van der Waals surface area (Å²) in [6, 6.07) is 8.92. The molecule has 0 aliphatic carbocycles. The van der Waals surface area contributed by atoms with Crippen molar-refractivity contribution in [1.82, 2.24) is 4.90 Å². The number of amides is 3. The zero-order valence-electron chi connectivity index (χ0n) is 16.1. The summed E-state index contributed by atoms with van der Waals surface area (Å²) in [4.78, 5) is 50.2. The molecule has 2 aromatic carbocycles. The molecule has 0 fully saturated rings. The van der Waals surface area contributed by atoms with Gasteiger partial charge in [-0.15, -0.1) is 0 Å². The van der Waals surface area contributed by atoms with Gasteiger partial charge in [0.2, 0.25) is 0 Å². The Bertz CT molecular complexity index is 1030. The minimum absolute atomic E-state index is 0.0854. The van der Waals surface area contributed by atoms with E-state index in [4.69, 9.17) is 16.3 Å². The molecule has 3 amide bonds. The second-order valence-corrected chi connectivity index (χ2v) is 7.28. The van der Waals surface area contributed by atoms with Crippen LogP contribution in [0.25, 0.3) is 0 Å². The first-order chi connectivity index (χ1) is 13.7. The van der Waals surface area contributed by atoms with Crippen molar-refractivity contribution in [3.05, 3.63) is 63.7 Å². The Balaban J connectivity index is 1.67. The van der Waals surface area contributed by atoms with Gasteiger partial charge in [0.05, 0.1) is 16.7 Å². The van der Waals surface area contributed by atoms with Gasteiger partial charge in [-0.25, -0.2) is 4.79 Å². The summed E-state index contributed by atoms with van der Waals surface area (Å²) in [5.41, 5.74) is 1.70. The molecule has 0 spiro atoms. The molecule has 0 saturated carbocycles. The maximum absolute atomic E-state index is 12.4. The van der Waals surface area contributed by atoms with Crippen LogP contribution >= 0.6 is 11.6 Å². The lowest BCUT2D eigenvalue weighted by Gasteiger charge is -2.17. The smallest absolute Gasteiger partial charge is 0.338 e. The van der Waals surface area contributed by atoms with Gasteiger partial charge < -0.3 is 10.1 Å². The predicted octanol–water partition coefficient (Wildman–Crippen LogP) is 3.45. The highest BCUT2D eigenvalue weighted by Crippen LogP contribution is 2.26. The number of hydrogen-bond donors (Lipinski definition) is 1. The lowest BCUT2D eigenvalue weighted by Crippen LogP contribution is -2.35. The van der Waals surface area contributed by atoms with E-state index in [1.807, 2.05) is 0 Å². The molecule has 8 heteroatoms. The molecule has 0 unspecified atom stereocenters. The summed E-state index contributed by atoms with van der Waals surface area (Å²) in [5, 5.41) is 3.13. The first-order valence-electron chi connectivity index (χ1n) is 8.94. The second kappa shape index (κ2) is 8.05. The van der Waals surface area contributed by atoms with Gasteiger partial charge >= 0.3 is 5.97 Å². The van der Waals surface area contributed by atoms with Gasteiger partial charge in [0.1, 0.15) is 0 Å². The average Bonchev–Trinajstić information content (AvgIpc) is 2.93. The van der Waals surface area contributed by atoms with Gasteiger partial charge in [0, 0.05) is 16.8 Å². The fourth-order valence-electron chi connectivity index (χ4n) is 3.00. The van der Waals surface area contributed by atoms with E-state index in [-0.39, 0.29) is 22.7 Å². The lowest BCUT2D eigenvalue weighted by atomic mass is 10.1. The number of carbonyl (C=O) groups excluding carboxylic acids is 4. The van der Waals surface area contributed by atoms with Crippen LogP contribution in [0.1, 0.15) is 50.5 Å². The van der Waals surface area contributed by atoms with E-state index in [0.29, 0.717) is 16.3 Å². The monoisotopic (exact) mass is 414 g/mol. The van der Waals surface area contributed by atoms with Crippen molar-refractivity contribution in [2.24, 2.45) is 0 Å². The molecular formula is C21H19ClN2O5. The van der Waals surface area contributed by atoms with E-state index in [9.17, 15) is 19.2 Å². The minimum atomic E-state index is -0.769. The van der Waals surface area contributed by atoms with E-state index in [2.05, 4.69) is 5.32 Å². The highest BCUT2D eigenvalue weighted by atomic mass is 35.5. The van der Waals surface area contributed by atoms with Crippen molar-refractivity contribution in [2.75, 3.05) is 11.9 Å². The van der Waals surface area contributed by atoms with Crippen LogP contribution in [0, 0.1) is 6.92 Å². The number of imide groups is 1. The third kappa shape index (κ3) is 4.00. The Hall–Kier alpha value is -3.19. The van der Waals surface area contributed by atoms with Crippen LogP contribution in [0.15, 0.2) is 36.4 Å². The molecule has 0 radical (unpaired) electrons. The van der Waals surface area contributed by atoms with Gasteiger partial charge in [-0.3, -0.25) is 19.3 Å². The highest BCUT2D eigenvalue weighted by Gasteiger charge is 2.37. The fraction of sp³-hybridized carbons (Fsp3) is 0.238. The number of anilines is 1. The fourth-order valence-corrected chi connectivity index (χ4v) is 3.17. The Kier molecular flexibility index (Phi) is 5.70. The van der Waals surface area contributed by atoms with Crippen molar-refractivity contribution in [2.45, 2.75) is 26.8 Å². The molecule has 1 aliphatic rings. The zero-order valence-corrected chi connectivity index (χ0v) is 16.9. The molecular weight excluding hydrogens is 396 g/mol. The molecule has 1 N–H and O–H groups in total. The summed E-state index contributed by atoms with van der Waals surface area (Å²) in [6.07, 6.45) is 0. The standard InChI is InChI=1S/C21H19ClN2O5/c1-11(2)24-19(26)14-8-7-13(9-15(14)20(24)27)21(28)29-10-18(25)23-17-6-4-5-16(22)12(17)3/h4-9,11H,10H2,1-3H3,(H,23,25). The van der Waals surface area contributed by atoms with E-state index >= 15 is 0 Å². The Labute approximate surface area is 172 Å². The van der Waals surface area contributed by atoms with Crippen LogP contribution in [0.5, 0.6) is 0 Å². The Morgan fingerprint density at radius 2 is 1.79 bits per heavy atom. The summed E-state index contributed by atoms with van der Waals surface area (Å²) in [7, 11) is 0. The SMILES string of the molecule is Cc1c(Cl)cccc1NC(=O)COC(=O)c1ccc2c(c1)C(=O)N(C(C)C)C2=O. The largest absolute Gasteiger partial charge is 0.452 e. The van der Waals surface area contributed by atoms with Crippen molar-refractivity contribution in [1.29, 1.82) is 0 Å². The van der Waals surface area contributed by atoms with E-state index < -0.39 is 30.3 Å². The van der Waals surface area contributed by atoms with Crippen LogP contribution in [-0.2, 0) is 9.53 Å². The zero-order chi connectivity index (χ0) is 21.3. The molecule has 150 valence electrons. The number of benzene rings is 2. The lowest BCUT2D eigenvalue weighted by molar-refractivity contribution is -0.119. The van der Waals surface area contributed by atoms with E-state index in [1.54, 1.807) is 39.0 Å². The van der Waals surface area contributed by atoms with Crippen molar-refractivity contribution in [3.63, 3.8) is 0 Å². The molecule has 2 aromatic rings. The molecule has 29 heavy (non-hydrogen) atoms. The number of ether oxygens (including phenoxy) is 1. The molecule has 3 rings (SSSR count). The number of rotatable bonds is 5. The number of hydrogen-bond acceptors (Lipinski definition) is 5. The van der Waals surface area contributed by atoms with Crippen LogP contribution in [-0.4, -0.2) is 41.2 Å². The first-order valence-corrected chi connectivity index (χ1v) is 9.32. The van der Waals surface area contributed by atoms with Gasteiger partial charge in [-0.2, -0.15) is 0 Å². The number of fused-ring (bicyclic) bond motifs is 1. The van der Waals surface area contributed by atoms with Crippen LogP contribution in [0.3, 0.4) is 0 Å². The Morgan fingerprint density at radius 3 is 2.48 bits per heavy atom. The van der Waals surface area contributed by atoms with Crippen molar-refractivity contribution >= 4 is 41.0 Å². The Morgan fingerprint density at radius 1 is 1.10 bits per heavy atom. The molecule has 7 nitrogen and oxygen atoms in total. The molecule has 1 aliphatic heterocycles. The van der Waals surface area contributed by atoms with Gasteiger partial charge in [0.15, 0.2) is 6.61 Å². The van der Waals surface area contributed by atoms with Crippen molar-refractivity contribution < 1.29 is 23.9 Å². The topological polar surface area (TPSA) is 92.8 Å². The molecule has 0 aromatic heterocycles. The van der Waals surface area contributed by atoms with E-state index in [1.165, 1.54) is 18.2 Å². The van der Waals surface area contributed by atoms with Crippen molar-refractivity contribution in [3.8, 4) is 0 Å². The van der Waals surface area contributed by atoms with E-state index in [0.717, 1.165) is 4.90 Å². The average molecular weight is 415 g/mol. The summed E-state index contributed by atoms with van der Waals surface area (Å²) in [6.45, 7) is 4.72. The number of esters is 1. The number of nitrogens with zero attached hydrogens (tertiary/aromatic N) is 1. The quantitative estimate of drug-likeness (QED) is 0.597. The molecule has 0 bridgehead atoms. The van der Waals surface area contributed by atoms with Crippen LogP contribution < -0.4 is 5.32 Å². The first kappa shape index (κ1) is 20.5. The van der Waals surface area contributed by atoms with Crippen LogP contribution in [0.2, 0.25) is 5.02 Å². The minimum Gasteiger partial charge on any atom is -0.452 e. The third-order valence-electron chi connectivity index (χ3n) is 4.55. The maximum Gasteiger partial charge on any atom is 0.338 e. The normalized spacial score (nSPS) is 12.9. The number of nitrogens with one attached hydrogen (secondary N) is 1. The van der Waals surface area contributed by atoms with Gasteiger partial charge in [-0.05, 0) is 56.7 Å². The van der Waals surface area contributed by atoms with Gasteiger partial charge in [0.25, 0.3) is 17.7 Å². The van der Waals surface area contributed by atoms with Crippen LogP contribution in [0.4, 0.5) is 5.69 Å². The number of carbonyl (C=O) groups is 4. The summed E-state index contributed by atoms with van der Waals surface area (Å²) >= 11 is 6.01. The van der Waals surface area contributed by atoms with Gasteiger partial charge in [-0.1, -0.05) is 17.7 Å².